The number of carbonyl (C=O) groups excluding carboxylic acids is 3. The summed E-state index contributed by atoms with van der Waals surface area (Å²) >= 11 is 16.4. The molecule has 1 aliphatic rings. The van der Waals surface area contributed by atoms with Gasteiger partial charge in [-0.1, -0.05) is 41.4 Å². The van der Waals surface area contributed by atoms with Crippen molar-refractivity contribution in [2.24, 2.45) is 0 Å². The van der Waals surface area contributed by atoms with Crippen molar-refractivity contribution in [2.45, 2.75) is 20.5 Å². The van der Waals surface area contributed by atoms with Crippen LogP contribution in [0.1, 0.15) is 22.3 Å². The molecule has 1 N–H and O–H groups in total. The molecule has 10 heteroatoms. The normalized spacial score (nSPS) is 14.4. The van der Waals surface area contributed by atoms with Gasteiger partial charge >= 0.3 is 0 Å². The maximum Gasteiger partial charge on any atom is 0.294 e. The van der Waals surface area contributed by atoms with Gasteiger partial charge in [0, 0.05) is 21.3 Å². The van der Waals surface area contributed by atoms with Gasteiger partial charge < -0.3 is 10.1 Å². The molecule has 3 aromatic rings. The Morgan fingerprint density at radius 2 is 1.84 bits per heavy atom. The van der Waals surface area contributed by atoms with Gasteiger partial charge in [0.1, 0.15) is 18.9 Å². The zero-order valence-electron chi connectivity index (χ0n) is 19.8. The van der Waals surface area contributed by atoms with Gasteiger partial charge in [-0.25, -0.2) is 0 Å². The lowest BCUT2D eigenvalue weighted by molar-refractivity contribution is -0.127. The molecule has 4 rings (SSSR count). The average molecular weight is 620 g/mol. The van der Waals surface area contributed by atoms with E-state index in [-0.39, 0.29) is 18.1 Å². The molecular weight excluding hydrogens is 599 g/mol. The first-order valence-corrected chi connectivity index (χ1v) is 13.5. The number of ether oxygens (including phenoxy) is 1. The Morgan fingerprint density at radius 1 is 1.05 bits per heavy atom. The molecule has 190 valence electrons. The molecule has 37 heavy (non-hydrogen) atoms. The third-order valence-corrected chi connectivity index (χ3v) is 7.73. The molecule has 0 aromatic heterocycles. The summed E-state index contributed by atoms with van der Waals surface area (Å²) in [6, 6.07) is 16.0. The number of nitrogens with one attached hydrogen (secondary N) is 1. The van der Waals surface area contributed by atoms with Crippen LogP contribution in [0.2, 0.25) is 10.0 Å². The number of hydrogen-bond acceptors (Lipinski definition) is 5. The molecule has 6 nitrogen and oxygen atoms in total. The molecular formula is C27H21BrCl2N2O4S. The van der Waals surface area contributed by atoms with E-state index in [4.69, 9.17) is 27.9 Å². The van der Waals surface area contributed by atoms with Crippen molar-refractivity contribution in [1.82, 2.24) is 4.90 Å². The van der Waals surface area contributed by atoms with Gasteiger partial charge in [-0.3, -0.25) is 19.3 Å². The number of thioether (sulfide) groups is 1. The maximum absolute atomic E-state index is 12.9. The summed E-state index contributed by atoms with van der Waals surface area (Å²) in [5.74, 6) is -0.379. The molecule has 1 saturated heterocycles. The summed E-state index contributed by atoms with van der Waals surface area (Å²) in [5.41, 5.74) is 4.22. The minimum absolute atomic E-state index is 0.234. The highest BCUT2D eigenvalue weighted by Crippen LogP contribution is 2.34. The number of anilines is 1. The molecule has 3 aromatic carbocycles. The first-order chi connectivity index (χ1) is 17.6. The first kappa shape index (κ1) is 27.3. The van der Waals surface area contributed by atoms with E-state index in [0.717, 1.165) is 33.4 Å². The molecule has 0 atom stereocenters. The number of benzene rings is 3. The fourth-order valence-electron chi connectivity index (χ4n) is 3.47. The summed E-state index contributed by atoms with van der Waals surface area (Å²) in [7, 11) is 0. The van der Waals surface area contributed by atoms with Crippen LogP contribution >= 0.6 is 50.9 Å². The van der Waals surface area contributed by atoms with Crippen LogP contribution in [-0.4, -0.2) is 28.5 Å². The number of rotatable bonds is 7. The highest BCUT2D eigenvalue weighted by atomic mass is 79.9. The van der Waals surface area contributed by atoms with E-state index >= 15 is 0 Å². The highest BCUT2D eigenvalue weighted by molar-refractivity contribution is 9.10. The van der Waals surface area contributed by atoms with Crippen LogP contribution in [0, 0.1) is 13.8 Å². The zero-order valence-corrected chi connectivity index (χ0v) is 23.7. The number of nitrogens with zero attached hydrogens (tertiary/aromatic N) is 1. The topological polar surface area (TPSA) is 75.7 Å². The van der Waals surface area contributed by atoms with E-state index in [0.29, 0.717) is 31.5 Å². The minimum atomic E-state index is -0.515. The molecule has 0 bridgehead atoms. The van der Waals surface area contributed by atoms with Crippen LogP contribution in [-0.2, 0) is 16.2 Å². The van der Waals surface area contributed by atoms with E-state index in [1.54, 1.807) is 48.5 Å². The fourth-order valence-corrected chi connectivity index (χ4v) is 5.28. The van der Waals surface area contributed by atoms with Crippen molar-refractivity contribution in [3.05, 3.63) is 96.3 Å². The fraction of sp³-hybridized carbons (Fsp3) is 0.148. The molecule has 0 saturated carbocycles. The summed E-state index contributed by atoms with van der Waals surface area (Å²) in [4.78, 5) is 39.0. The third kappa shape index (κ3) is 6.76. The number of hydrogen-bond donors (Lipinski definition) is 1. The number of amides is 3. The summed E-state index contributed by atoms with van der Waals surface area (Å²) in [6.07, 6.45) is 1.61. The molecule has 0 spiro atoms. The average Bonchev–Trinajstić information content (AvgIpc) is 3.09. The van der Waals surface area contributed by atoms with Gasteiger partial charge in [0.25, 0.3) is 11.1 Å². The van der Waals surface area contributed by atoms with E-state index in [2.05, 4.69) is 21.2 Å². The molecule has 1 fully saturated rings. The number of aryl methyl sites for hydroxylation is 2. The monoisotopic (exact) mass is 618 g/mol. The second-order valence-electron chi connectivity index (χ2n) is 8.33. The van der Waals surface area contributed by atoms with Crippen LogP contribution in [0.3, 0.4) is 0 Å². The standard InChI is InChI=1S/C27H21BrCl2N2O4S/c1-15-3-7-20(9-16(15)2)31-25(33)13-32-26(34)24(37-27(32)35)11-17-4-8-23(21(28)10-17)36-14-18-5-6-19(29)12-22(18)30/h3-12H,13-14H2,1-2H3,(H,31,33)/b24-11+. The lowest BCUT2D eigenvalue weighted by Crippen LogP contribution is -2.36. The van der Waals surface area contributed by atoms with Gasteiger partial charge in [-0.05, 0) is 101 Å². The maximum atomic E-state index is 12.9. The minimum Gasteiger partial charge on any atom is -0.488 e. The predicted molar refractivity (Wildman–Crippen MR) is 152 cm³/mol. The van der Waals surface area contributed by atoms with Crippen LogP contribution in [0.4, 0.5) is 10.5 Å². The van der Waals surface area contributed by atoms with Gasteiger partial charge in [0.05, 0.1) is 9.38 Å². The third-order valence-electron chi connectivity index (χ3n) is 5.62. The predicted octanol–water partition coefficient (Wildman–Crippen LogP) is 7.63. The van der Waals surface area contributed by atoms with Crippen molar-refractivity contribution >= 4 is 79.7 Å². The van der Waals surface area contributed by atoms with Crippen LogP contribution < -0.4 is 10.1 Å². The second-order valence-corrected chi connectivity index (χ2v) is 11.0. The number of imide groups is 1. The van der Waals surface area contributed by atoms with Crippen molar-refractivity contribution < 1.29 is 19.1 Å². The lowest BCUT2D eigenvalue weighted by Gasteiger charge is -2.13. The lowest BCUT2D eigenvalue weighted by atomic mass is 10.1. The van der Waals surface area contributed by atoms with Crippen molar-refractivity contribution in [2.75, 3.05) is 11.9 Å². The SMILES string of the molecule is Cc1ccc(NC(=O)CN2C(=O)S/C(=C/c3ccc(OCc4ccc(Cl)cc4Cl)c(Br)c3)C2=O)cc1C. The largest absolute Gasteiger partial charge is 0.488 e. The van der Waals surface area contributed by atoms with Gasteiger partial charge in [0.2, 0.25) is 5.91 Å². The van der Waals surface area contributed by atoms with E-state index < -0.39 is 17.1 Å². The van der Waals surface area contributed by atoms with Crippen LogP contribution in [0.15, 0.2) is 64.0 Å². The van der Waals surface area contributed by atoms with Crippen molar-refractivity contribution in [3.63, 3.8) is 0 Å². The van der Waals surface area contributed by atoms with Gasteiger partial charge in [0.15, 0.2) is 0 Å². The zero-order chi connectivity index (χ0) is 26.7. The Kier molecular flexibility index (Phi) is 8.64. The molecule has 0 radical (unpaired) electrons. The van der Waals surface area contributed by atoms with Crippen LogP contribution in [0.5, 0.6) is 5.75 Å². The van der Waals surface area contributed by atoms with Crippen LogP contribution in [0.25, 0.3) is 6.08 Å². The molecule has 0 aliphatic carbocycles. The Bertz CT molecular complexity index is 1440. The molecule has 1 aliphatic heterocycles. The Morgan fingerprint density at radius 3 is 2.54 bits per heavy atom. The summed E-state index contributed by atoms with van der Waals surface area (Å²) in [6.45, 7) is 3.80. The molecule has 3 amide bonds. The van der Waals surface area contributed by atoms with E-state index in [9.17, 15) is 14.4 Å². The van der Waals surface area contributed by atoms with E-state index in [1.807, 2.05) is 26.0 Å². The Hall–Kier alpha value is -2.78. The molecule has 0 unspecified atom stereocenters. The summed E-state index contributed by atoms with van der Waals surface area (Å²) in [5, 5.41) is 3.30. The Balaban J connectivity index is 1.40. The molecule has 1 heterocycles. The highest BCUT2D eigenvalue weighted by Gasteiger charge is 2.36. The van der Waals surface area contributed by atoms with Gasteiger partial charge in [-0.2, -0.15) is 0 Å². The van der Waals surface area contributed by atoms with Crippen molar-refractivity contribution in [3.8, 4) is 5.75 Å². The van der Waals surface area contributed by atoms with Gasteiger partial charge in [-0.15, -0.1) is 0 Å². The smallest absolute Gasteiger partial charge is 0.294 e. The first-order valence-electron chi connectivity index (χ1n) is 11.1. The Labute approximate surface area is 237 Å². The number of carbonyl (C=O) groups is 3. The van der Waals surface area contributed by atoms with E-state index in [1.165, 1.54) is 0 Å². The summed E-state index contributed by atoms with van der Waals surface area (Å²) < 4.78 is 6.52. The van der Waals surface area contributed by atoms with Crippen molar-refractivity contribution in [1.29, 1.82) is 0 Å². The quantitative estimate of drug-likeness (QED) is 0.275. The second kappa shape index (κ2) is 11.7. The number of halogens is 3.